The van der Waals surface area contributed by atoms with Gasteiger partial charge in [-0.15, -0.1) is 10.2 Å². The highest BCUT2D eigenvalue weighted by Gasteiger charge is 2.11. The maximum absolute atomic E-state index is 12.1. The number of methoxy groups -OCH3 is 1. The summed E-state index contributed by atoms with van der Waals surface area (Å²) in [6.07, 6.45) is 0.681. The van der Waals surface area contributed by atoms with Crippen LogP contribution in [0.2, 0.25) is 0 Å². The molecule has 6 nitrogen and oxygen atoms in total. The van der Waals surface area contributed by atoms with Crippen LogP contribution in [0.5, 0.6) is 0 Å². The molecule has 0 bridgehead atoms. The molecule has 1 aromatic carbocycles. The lowest BCUT2D eigenvalue weighted by Crippen LogP contribution is -2.12. The van der Waals surface area contributed by atoms with Crippen LogP contribution >= 0.6 is 11.3 Å². The molecule has 0 saturated carbocycles. The Morgan fingerprint density at radius 2 is 2.25 bits per heavy atom. The van der Waals surface area contributed by atoms with Gasteiger partial charge >= 0.3 is 0 Å². The Morgan fingerprint density at radius 3 is 3.04 bits per heavy atom. The van der Waals surface area contributed by atoms with Gasteiger partial charge in [0.1, 0.15) is 0 Å². The van der Waals surface area contributed by atoms with Crippen LogP contribution < -0.4 is 5.32 Å². The number of amides is 1. The number of aryl methyl sites for hydroxylation is 1. The number of thiophene rings is 1. The third kappa shape index (κ3) is 4.27. The topological polar surface area (TPSA) is 77.2 Å². The van der Waals surface area contributed by atoms with Gasteiger partial charge in [0, 0.05) is 36.6 Å². The Hall–Kier alpha value is -2.51. The molecule has 7 heteroatoms. The van der Waals surface area contributed by atoms with Crippen LogP contribution in [-0.2, 0) is 22.6 Å². The van der Waals surface area contributed by atoms with Crippen molar-refractivity contribution in [3.63, 3.8) is 0 Å². The molecule has 0 radical (unpaired) electrons. The van der Waals surface area contributed by atoms with Crippen molar-refractivity contribution in [3.8, 4) is 11.5 Å². The fraction of sp³-hybridized carbons (Fsp3) is 0.235. The van der Waals surface area contributed by atoms with Gasteiger partial charge in [-0.25, -0.2) is 0 Å². The number of hydrogen-bond donors (Lipinski definition) is 1. The second-order valence-corrected chi connectivity index (χ2v) is 5.97. The predicted octanol–water partition coefficient (Wildman–Crippen LogP) is 3.52. The highest BCUT2D eigenvalue weighted by atomic mass is 32.1. The number of benzene rings is 1. The van der Waals surface area contributed by atoms with E-state index in [4.69, 9.17) is 9.15 Å². The van der Waals surface area contributed by atoms with E-state index in [1.807, 2.05) is 41.1 Å². The fourth-order valence-electron chi connectivity index (χ4n) is 2.21. The van der Waals surface area contributed by atoms with E-state index in [1.54, 1.807) is 18.4 Å². The second kappa shape index (κ2) is 7.85. The predicted molar refractivity (Wildman–Crippen MR) is 91.7 cm³/mol. The minimum absolute atomic E-state index is 0.0974. The number of ether oxygens (including phenoxy) is 1. The number of carbonyl (C=O) groups is 1. The van der Waals surface area contributed by atoms with Crippen molar-refractivity contribution in [2.75, 3.05) is 12.4 Å². The van der Waals surface area contributed by atoms with Crippen molar-refractivity contribution in [2.24, 2.45) is 0 Å². The molecule has 0 aliphatic carbocycles. The van der Waals surface area contributed by atoms with Gasteiger partial charge in [-0.1, -0.05) is 12.1 Å². The minimum Gasteiger partial charge on any atom is -0.421 e. The molecule has 1 N–H and O–H groups in total. The maximum atomic E-state index is 12.1. The Balaban J connectivity index is 1.53. The maximum Gasteiger partial charge on any atom is 0.248 e. The van der Waals surface area contributed by atoms with Crippen molar-refractivity contribution in [2.45, 2.75) is 19.4 Å². The third-order valence-electron chi connectivity index (χ3n) is 3.32. The molecule has 2 heterocycles. The van der Waals surface area contributed by atoms with Crippen LogP contribution in [0.25, 0.3) is 11.5 Å². The van der Waals surface area contributed by atoms with Gasteiger partial charge < -0.3 is 14.5 Å². The average Bonchev–Trinajstić information content (AvgIpc) is 3.25. The summed E-state index contributed by atoms with van der Waals surface area (Å²) in [5, 5.41) is 14.7. The standard InChI is InChI=1S/C17H17N3O3S/c1-22-10-12-3-2-4-14(9-12)18-15(21)5-6-16-19-20-17(23-16)13-7-8-24-11-13/h2-4,7-9,11H,5-6,10H2,1H3,(H,18,21). The lowest BCUT2D eigenvalue weighted by molar-refractivity contribution is -0.116. The highest BCUT2D eigenvalue weighted by molar-refractivity contribution is 7.08. The van der Waals surface area contributed by atoms with Gasteiger partial charge in [0.15, 0.2) is 0 Å². The van der Waals surface area contributed by atoms with E-state index in [-0.39, 0.29) is 12.3 Å². The number of nitrogens with one attached hydrogen (secondary N) is 1. The van der Waals surface area contributed by atoms with Crippen molar-refractivity contribution in [1.29, 1.82) is 0 Å². The number of hydrogen-bond acceptors (Lipinski definition) is 6. The molecule has 0 atom stereocenters. The summed E-state index contributed by atoms with van der Waals surface area (Å²) in [6.45, 7) is 0.511. The van der Waals surface area contributed by atoms with E-state index in [2.05, 4.69) is 15.5 Å². The molecule has 124 valence electrons. The Morgan fingerprint density at radius 1 is 1.33 bits per heavy atom. The zero-order valence-corrected chi connectivity index (χ0v) is 14.0. The van der Waals surface area contributed by atoms with Crippen LogP contribution in [-0.4, -0.2) is 23.2 Å². The molecule has 0 fully saturated rings. The third-order valence-corrected chi connectivity index (χ3v) is 4.01. The Kier molecular flexibility index (Phi) is 5.35. The monoisotopic (exact) mass is 343 g/mol. The first-order valence-electron chi connectivity index (χ1n) is 7.47. The van der Waals surface area contributed by atoms with Gasteiger partial charge in [0.05, 0.1) is 6.61 Å². The molecule has 3 rings (SSSR count). The molecular formula is C17H17N3O3S. The normalized spacial score (nSPS) is 10.7. The van der Waals surface area contributed by atoms with Crippen LogP contribution in [0.3, 0.4) is 0 Å². The summed E-state index contributed by atoms with van der Waals surface area (Å²) in [7, 11) is 1.64. The first-order chi connectivity index (χ1) is 11.7. The van der Waals surface area contributed by atoms with Crippen molar-refractivity contribution >= 4 is 22.9 Å². The summed E-state index contributed by atoms with van der Waals surface area (Å²) in [5.41, 5.74) is 2.66. The molecule has 24 heavy (non-hydrogen) atoms. The van der Waals surface area contributed by atoms with Gasteiger partial charge in [-0.3, -0.25) is 4.79 Å². The van der Waals surface area contributed by atoms with E-state index < -0.39 is 0 Å². The molecule has 0 spiro atoms. The van der Waals surface area contributed by atoms with E-state index in [0.717, 1.165) is 16.8 Å². The Bertz CT molecular complexity index is 799. The van der Waals surface area contributed by atoms with Gasteiger partial charge in [-0.2, -0.15) is 11.3 Å². The van der Waals surface area contributed by atoms with Crippen molar-refractivity contribution < 1.29 is 13.9 Å². The van der Waals surface area contributed by atoms with E-state index in [0.29, 0.717) is 24.8 Å². The van der Waals surface area contributed by atoms with E-state index >= 15 is 0 Å². The fourth-order valence-corrected chi connectivity index (χ4v) is 2.84. The van der Waals surface area contributed by atoms with Gasteiger partial charge in [0.2, 0.25) is 17.7 Å². The molecule has 0 aliphatic rings. The molecule has 1 amide bonds. The summed E-state index contributed by atoms with van der Waals surface area (Å²) in [6, 6.07) is 9.49. The van der Waals surface area contributed by atoms with Crippen LogP contribution in [0.4, 0.5) is 5.69 Å². The van der Waals surface area contributed by atoms with E-state index in [9.17, 15) is 4.79 Å². The number of rotatable bonds is 7. The molecule has 0 unspecified atom stereocenters. The van der Waals surface area contributed by atoms with Crippen LogP contribution in [0, 0.1) is 0 Å². The number of aromatic nitrogens is 2. The van der Waals surface area contributed by atoms with Crippen LogP contribution in [0.1, 0.15) is 17.9 Å². The van der Waals surface area contributed by atoms with Crippen molar-refractivity contribution in [1.82, 2.24) is 10.2 Å². The quantitative estimate of drug-likeness (QED) is 0.710. The number of carbonyl (C=O) groups excluding carboxylic acids is 1. The zero-order chi connectivity index (χ0) is 16.8. The zero-order valence-electron chi connectivity index (χ0n) is 13.2. The van der Waals surface area contributed by atoms with Crippen LogP contribution in [0.15, 0.2) is 45.5 Å². The average molecular weight is 343 g/mol. The SMILES string of the molecule is COCc1cccc(NC(=O)CCc2nnc(-c3ccsc3)o2)c1. The Labute approximate surface area is 143 Å². The van der Waals surface area contributed by atoms with Gasteiger partial charge in [-0.05, 0) is 29.1 Å². The minimum atomic E-state index is -0.0974. The lowest BCUT2D eigenvalue weighted by Gasteiger charge is -2.06. The largest absolute Gasteiger partial charge is 0.421 e. The number of anilines is 1. The molecular weight excluding hydrogens is 326 g/mol. The molecule has 2 aromatic heterocycles. The molecule has 0 saturated heterocycles. The van der Waals surface area contributed by atoms with Gasteiger partial charge in [0.25, 0.3) is 0 Å². The summed E-state index contributed by atoms with van der Waals surface area (Å²) < 4.78 is 10.7. The lowest BCUT2D eigenvalue weighted by atomic mass is 10.2. The smallest absolute Gasteiger partial charge is 0.248 e. The molecule has 0 aliphatic heterocycles. The second-order valence-electron chi connectivity index (χ2n) is 5.19. The molecule has 3 aromatic rings. The highest BCUT2D eigenvalue weighted by Crippen LogP contribution is 2.21. The van der Waals surface area contributed by atoms with E-state index in [1.165, 1.54) is 0 Å². The number of nitrogens with zero attached hydrogens (tertiary/aromatic N) is 2. The first-order valence-corrected chi connectivity index (χ1v) is 8.41. The van der Waals surface area contributed by atoms with Crippen molar-refractivity contribution in [3.05, 3.63) is 52.5 Å². The summed E-state index contributed by atoms with van der Waals surface area (Å²) in [4.78, 5) is 12.1. The summed E-state index contributed by atoms with van der Waals surface area (Å²) in [5.74, 6) is 0.846. The summed E-state index contributed by atoms with van der Waals surface area (Å²) >= 11 is 1.57. The first kappa shape index (κ1) is 16.4.